The fourth-order valence-electron chi connectivity index (χ4n) is 2.82. The number of rotatable bonds is 4. The van der Waals surface area contributed by atoms with Crippen LogP contribution >= 0.6 is 0 Å². The molecule has 134 valence electrons. The number of carbonyl (C=O) groups excluding carboxylic acids is 1. The number of nitrogens with one attached hydrogen (secondary N) is 1. The van der Waals surface area contributed by atoms with Crippen molar-refractivity contribution in [3.8, 4) is 17.2 Å². The number of benzene rings is 2. The number of oxime groups is 1. The van der Waals surface area contributed by atoms with Crippen LogP contribution in [-0.4, -0.2) is 38.0 Å². The van der Waals surface area contributed by atoms with Crippen molar-refractivity contribution in [1.29, 1.82) is 0 Å². The Morgan fingerprint density at radius 1 is 1.12 bits per heavy atom. The zero-order chi connectivity index (χ0) is 17.9. The SMILES string of the molecule is COc1ccc(C2=NOC(C(=O)Nc3ccc4c(c3)OCCO4)C2)cc1. The van der Waals surface area contributed by atoms with Crippen LogP contribution in [-0.2, 0) is 9.63 Å². The van der Waals surface area contributed by atoms with Crippen LogP contribution < -0.4 is 19.5 Å². The van der Waals surface area contributed by atoms with Gasteiger partial charge in [-0.1, -0.05) is 5.16 Å². The zero-order valence-corrected chi connectivity index (χ0v) is 14.2. The Hall–Kier alpha value is -3.22. The summed E-state index contributed by atoms with van der Waals surface area (Å²) in [5.74, 6) is 1.81. The van der Waals surface area contributed by atoms with Crippen molar-refractivity contribution < 1.29 is 23.8 Å². The molecule has 0 spiro atoms. The summed E-state index contributed by atoms with van der Waals surface area (Å²) in [6.45, 7) is 1.02. The molecule has 1 N–H and O–H groups in total. The maximum atomic E-state index is 12.5. The lowest BCUT2D eigenvalue weighted by Crippen LogP contribution is -2.28. The number of fused-ring (bicyclic) bond motifs is 1. The highest BCUT2D eigenvalue weighted by Crippen LogP contribution is 2.32. The monoisotopic (exact) mass is 354 g/mol. The van der Waals surface area contributed by atoms with Gasteiger partial charge in [0.15, 0.2) is 11.5 Å². The molecule has 26 heavy (non-hydrogen) atoms. The van der Waals surface area contributed by atoms with Crippen LogP contribution in [0.25, 0.3) is 0 Å². The van der Waals surface area contributed by atoms with Crippen LogP contribution in [0.5, 0.6) is 17.2 Å². The van der Waals surface area contributed by atoms with E-state index in [1.54, 1.807) is 25.3 Å². The van der Waals surface area contributed by atoms with Gasteiger partial charge in [0, 0.05) is 18.2 Å². The first-order valence-electron chi connectivity index (χ1n) is 8.30. The minimum atomic E-state index is -0.666. The molecule has 0 aromatic heterocycles. The van der Waals surface area contributed by atoms with Gasteiger partial charge >= 0.3 is 0 Å². The van der Waals surface area contributed by atoms with Crippen LogP contribution in [0, 0.1) is 0 Å². The molecule has 0 bridgehead atoms. The lowest BCUT2D eigenvalue weighted by molar-refractivity contribution is -0.125. The van der Waals surface area contributed by atoms with Crippen molar-refractivity contribution in [1.82, 2.24) is 0 Å². The third-order valence-electron chi connectivity index (χ3n) is 4.19. The lowest BCUT2D eigenvalue weighted by Gasteiger charge is -2.19. The molecule has 0 fully saturated rings. The van der Waals surface area contributed by atoms with Gasteiger partial charge in [-0.3, -0.25) is 4.79 Å². The summed E-state index contributed by atoms with van der Waals surface area (Å²) in [6, 6.07) is 12.8. The molecule has 1 atom stereocenters. The molecule has 7 nitrogen and oxygen atoms in total. The number of nitrogens with zero attached hydrogens (tertiary/aromatic N) is 1. The third-order valence-corrected chi connectivity index (χ3v) is 4.19. The van der Waals surface area contributed by atoms with E-state index in [-0.39, 0.29) is 5.91 Å². The van der Waals surface area contributed by atoms with Crippen molar-refractivity contribution >= 4 is 17.3 Å². The number of amides is 1. The van der Waals surface area contributed by atoms with Gasteiger partial charge in [0.05, 0.1) is 12.8 Å². The fourth-order valence-corrected chi connectivity index (χ4v) is 2.82. The molecule has 0 radical (unpaired) electrons. The van der Waals surface area contributed by atoms with Gasteiger partial charge in [0.25, 0.3) is 5.91 Å². The number of carbonyl (C=O) groups is 1. The van der Waals surface area contributed by atoms with E-state index in [9.17, 15) is 4.79 Å². The molecule has 0 aliphatic carbocycles. The third kappa shape index (κ3) is 3.28. The smallest absolute Gasteiger partial charge is 0.268 e. The molecule has 2 heterocycles. The molecule has 0 saturated heterocycles. The molecular formula is C19H18N2O5. The molecule has 2 aliphatic heterocycles. The first kappa shape index (κ1) is 16.3. The maximum absolute atomic E-state index is 12.5. The topological polar surface area (TPSA) is 78.4 Å². The molecule has 2 aromatic rings. The molecule has 1 amide bonds. The summed E-state index contributed by atoms with van der Waals surface area (Å²) in [5, 5.41) is 6.88. The minimum absolute atomic E-state index is 0.256. The standard InChI is InChI=1S/C19H18N2O5/c1-23-14-5-2-12(3-6-14)15-11-18(26-21-15)19(22)20-13-4-7-16-17(10-13)25-9-8-24-16/h2-7,10,18H,8-9,11H2,1H3,(H,20,22). The lowest BCUT2D eigenvalue weighted by atomic mass is 10.0. The van der Waals surface area contributed by atoms with E-state index < -0.39 is 6.10 Å². The highest BCUT2D eigenvalue weighted by Gasteiger charge is 2.29. The average molecular weight is 354 g/mol. The molecular weight excluding hydrogens is 336 g/mol. The summed E-state index contributed by atoms with van der Waals surface area (Å²) in [6.07, 6.45) is -0.261. The van der Waals surface area contributed by atoms with E-state index in [4.69, 9.17) is 19.0 Å². The van der Waals surface area contributed by atoms with Crippen molar-refractivity contribution in [2.24, 2.45) is 5.16 Å². The van der Waals surface area contributed by atoms with Gasteiger partial charge in [-0.05, 0) is 42.0 Å². The van der Waals surface area contributed by atoms with E-state index in [2.05, 4.69) is 10.5 Å². The number of hydrogen-bond acceptors (Lipinski definition) is 6. The molecule has 7 heteroatoms. The summed E-state index contributed by atoms with van der Waals surface area (Å²) in [4.78, 5) is 17.8. The summed E-state index contributed by atoms with van der Waals surface area (Å²) in [5.41, 5.74) is 2.26. The number of methoxy groups -OCH3 is 1. The van der Waals surface area contributed by atoms with Crippen molar-refractivity contribution in [2.75, 3.05) is 25.6 Å². The van der Waals surface area contributed by atoms with E-state index in [1.165, 1.54) is 0 Å². The fraction of sp³-hybridized carbons (Fsp3) is 0.263. The Morgan fingerprint density at radius 2 is 1.88 bits per heavy atom. The van der Waals surface area contributed by atoms with E-state index in [1.807, 2.05) is 24.3 Å². The first-order valence-corrected chi connectivity index (χ1v) is 8.30. The van der Waals surface area contributed by atoms with Gasteiger partial charge in [0.1, 0.15) is 19.0 Å². The molecule has 4 rings (SSSR count). The summed E-state index contributed by atoms with van der Waals surface area (Å²) < 4.78 is 16.1. The Bertz CT molecular complexity index is 848. The Morgan fingerprint density at radius 3 is 2.65 bits per heavy atom. The van der Waals surface area contributed by atoms with Gasteiger partial charge < -0.3 is 24.4 Å². The second kappa shape index (κ2) is 6.95. The molecule has 2 aromatic carbocycles. The second-order valence-corrected chi connectivity index (χ2v) is 5.91. The van der Waals surface area contributed by atoms with Crippen LogP contribution in [0.15, 0.2) is 47.6 Å². The normalized spacial score (nSPS) is 17.9. The van der Waals surface area contributed by atoms with E-state index >= 15 is 0 Å². The van der Waals surface area contributed by atoms with E-state index in [0.717, 1.165) is 17.0 Å². The van der Waals surface area contributed by atoms with Crippen LogP contribution in [0.4, 0.5) is 5.69 Å². The highest BCUT2D eigenvalue weighted by atomic mass is 16.6. The highest BCUT2D eigenvalue weighted by molar-refractivity contribution is 6.06. The maximum Gasteiger partial charge on any atom is 0.268 e. The van der Waals surface area contributed by atoms with Crippen LogP contribution in [0.2, 0.25) is 0 Å². The van der Waals surface area contributed by atoms with E-state index in [0.29, 0.717) is 36.8 Å². The van der Waals surface area contributed by atoms with Crippen molar-refractivity contribution in [3.05, 3.63) is 48.0 Å². The average Bonchev–Trinajstić information content (AvgIpc) is 3.18. The number of ether oxygens (including phenoxy) is 3. The number of hydrogen-bond donors (Lipinski definition) is 1. The zero-order valence-electron chi connectivity index (χ0n) is 14.2. The van der Waals surface area contributed by atoms with Gasteiger partial charge in [-0.15, -0.1) is 0 Å². The van der Waals surface area contributed by atoms with Gasteiger partial charge in [-0.25, -0.2) is 0 Å². The van der Waals surface area contributed by atoms with Crippen LogP contribution in [0.3, 0.4) is 0 Å². The molecule has 0 saturated carbocycles. The van der Waals surface area contributed by atoms with Crippen molar-refractivity contribution in [2.45, 2.75) is 12.5 Å². The Balaban J connectivity index is 1.39. The quantitative estimate of drug-likeness (QED) is 0.913. The minimum Gasteiger partial charge on any atom is -0.497 e. The summed E-state index contributed by atoms with van der Waals surface area (Å²) >= 11 is 0. The Labute approximate surface area is 150 Å². The number of anilines is 1. The second-order valence-electron chi connectivity index (χ2n) is 5.91. The van der Waals surface area contributed by atoms with Gasteiger partial charge in [-0.2, -0.15) is 0 Å². The largest absolute Gasteiger partial charge is 0.497 e. The summed E-state index contributed by atoms with van der Waals surface area (Å²) in [7, 11) is 1.61. The van der Waals surface area contributed by atoms with Crippen molar-refractivity contribution in [3.63, 3.8) is 0 Å². The predicted molar refractivity (Wildman–Crippen MR) is 95.1 cm³/mol. The molecule has 1 unspecified atom stereocenters. The van der Waals surface area contributed by atoms with Gasteiger partial charge in [0.2, 0.25) is 6.10 Å². The predicted octanol–water partition coefficient (Wildman–Crippen LogP) is 2.60. The first-order chi connectivity index (χ1) is 12.7. The van der Waals surface area contributed by atoms with Crippen LogP contribution in [0.1, 0.15) is 12.0 Å². The molecule has 2 aliphatic rings. The Kier molecular flexibility index (Phi) is 4.35.